The lowest BCUT2D eigenvalue weighted by atomic mass is 10.3. The maximum Gasteiger partial charge on any atom is 0.352 e. The number of carbonyl (C=O) groups is 1. The minimum absolute atomic E-state index is 0.147. The van der Waals surface area contributed by atoms with Gasteiger partial charge in [-0.25, -0.2) is 4.79 Å². The summed E-state index contributed by atoms with van der Waals surface area (Å²) in [7, 11) is 0. The quantitative estimate of drug-likeness (QED) is 0.869. The molecule has 1 unspecified atom stereocenters. The Kier molecular flexibility index (Phi) is 4.54. The largest absolute Gasteiger partial charge is 0.477 e. The van der Waals surface area contributed by atoms with Gasteiger partial charge in [0.15, 0.2) is 0 Å². The summed E-state index contributed by atoms with van der Waals surface area (Å²) in [6.45, 7) is 4.07. The molecule has 0 aliphatic carbocycles. The fraction of sp³-hybridized carbons (Fsp3) is 0.500. The van der Waals surface area contributed by atoms with Gasteiger partial charge in [-0.05, 0) is 18.7 Å². The van der Waals surface area contributed by atoms with Crippen molar-refractivity contribution in [1.82, 2.24) is 4.57 Å². The van der Waals surface area contributed by atoms with Crippen LogP contribution in [0.25, 0.3) is 0 Å². The number of hydrogen-bond acceptors (Lipinski definition) is 2. The third kappa shape index (κ3) is 3.18. The van der Waals surface area contributed by atoms with Crippen LogP contribution in [0.2, 0.25) is 5.02 Å². The number of carboxylic acids is 1. The highest BCUT2D eigenvalue weighted by molar-refractivity contribution is 7.99. The molecule has 1 rings (SSSR count). The van der Waals surface area contributed by atoms with Crippen LogP contribution in [0.1, 0.15) is 30.4 Å². The van der Waals surface area contributed by atoms with E-state index in [2.05, 4.69) is 6.92 Å². The summed E-state index contributed by atoms with van der Waals surface area (Å²) in [5, 5.41) is 9.44. The van der Waals surface area contributed by atoms with Crippen LogP contribution < -0.4 is 0 Å². The van der Waals surface area contributed by atoms with Crippen LogP contribution in [0.3, 0.4) is 0 Å². The van der Waals surface area contributed by atoms with E-state index in [1.54, 1.807) is 22.5 Å². The normalized spacial score (nSPS) is 12.7. The Balaban J connectivity index is 2.86. The molecule has 0 aliphatic rings. The zero-order chi connectivity index (χ0) is 11.4. The van der Waals surface area contributed by atoms with Gasteiger partial charge in [-0.15, -0.1) is 0 Å². The SMILES string of the molecule is CCSCC(C)n1cc(Cl)cc1C(=O)O. The first-order valence-electron chi connectivity index (χ1n) is 4.74. The van der Waals surface area contributed by atoms with Crippen molar-refractivity contribution in [3.63, 3.8) is 0 Å². The van der Waals surface area contributed by atoms with Crippen molar-refractivity contribution >= 4 is 29.3 Å². The van der Waals surface area contributed by atoms with Crippen molar-refractivity contribution in [3.05, 3.63) is 23.0 Å². The molecule has 3 nitrogen and oxygen atoms in total. The lowest BCUT2D eigenvalue weighted by Crippen LogP contribution is -2.13. The van der Waals surface area contributed by atoms with Crippen LogP contribution in [-0.4, -0.2) is 27.1 Å². The number of halogens is 1. The van der Waals surface area contributed by atoms with E-state index < -0.39 is 5.97 Å². The number of thioether (sulfide) groups is 1. The van der Waals surface area contributed by atoms with Gasteiger partial charge in [0.05, 0.1) is 5.02 Å². The molecule has 1 heterocycles. The molecule has 84 valence electrons. The molecule has 0 aliphatic heterocycles. The van der Waals surface area contributed by atoms with Crippen molar-refractivity contribution in [2.45, 2.75) is 19.9 Å². The highest BCUT2D eigenvalue weighted by Gasteiger charge is 2.15. The van der Waals surface area contributed by atoms with Crippen LogP contribution in [0.4, 0.5) is 0 Å². The van der Waals surface area contributed by atoms with Crippen LogP contribution in [0, 0.1) is 0 Å². The molecule has 1 aromatic heterocycles. The lowest BCUT2D eigenvalue weighted by Gasteiger charge is -2.14. The van der Waals surface area contributed by atoms with Crippen LogP contribution >= 0.6 is 23.4 Å². The maximum absolute atomic E-state index is 10.9. The first-order valence-corrected chi connectivity index (χ1v) is 6.28. The maximum atomic E-state index is 10.9. The van der Waals surface area contributed by atoms with Gasteiger partial charge in [0.25, 0.3) is 0 Å². The number of nitrogens with zero attached hydrogens (tertiary/aromatic N) is 1. The monoisotopic (exact) mass is 247 g/mol. The topological polar surface area (TPSA) is 42.2 Å². The van der Waals surface area contributed by atoms with Crippen LogP contribution in [0.5, 0.6) is 0 Å². The molecule has 0 bridgehead atoms. The van der Waals surface area contributed by atoms with Gasteiger partial charge in [0.2, 0.25) is 0 Å². The van der Waals surface area contributed by atoms with E-state index in [1.807, 2.05) is 6.92 Å². The zero-order valence-electron chi connectivity index (χ0n) is 8.74. The Morgan fingerprint density at radius 3 is 2.93 bits per heavy atom. The fourth-order valence-electron chi connectivity index (χ4n) is 1.35. The van der Waals surface area contributed by atoms with Crippen LogP contribution in [0.15, 0.2) is 12.3 Å². The second kappa shape index (κ2) is 5.47. The molecule has 0 spiro atoms. The zero-order valence-corrected chi connectivity index (χ0v) is 10.3. The van der Waals surface area contributed by atoms with E-state index in [9.17, 15) is 4.79 Å². The van der Waals surface area contributed by atoms with Gasteiger partial charge >= 0.3 is 5.97 Å². The highest BCUT2D eigenvalue weighted by Crippen LogP contribution is 2.21. The Morgan fingerprint density at radius 2 is 2.40 bits per heavy atom. The van der Waals surface area contributed by atoms with Gasteiger partial charge in [-0.1, -0.05) is 18.5 Å². The molecule has 0 saturated carbocycles. The highest BCUT2D eigenvalue weighted by atomic mass is 35.5. The third-order valence-electron chi connectivity index (χ3n) is 2.07. The van der Waals surface area contributed by atoms with Gasteiger partial charge in [0.1, 0.15) is 5.69 Å². The summed E-state index contributed by atoms with van der Waals surface area (Å²) in [6, 6.07) is 1.63. The second-order valence-corrected chi connectivity index (χ2v) is 5.02. The summed E-state index contributed by atoms with van der Waals surface area (Å²) < 4.78 is 1.72. The van der Waals surface area contributed by atoms with Gasteiger partial charge in [0, 0.05) is 18.0 Å². The summed E-state index contributed by atoms with van der Waals surface area (Å²) in [6.07, 6.45) is 1.67. The Morgan fingerprint density at radius 1 is 1.73 bits per heavy atom. The predicted octanol–water partition coefficient (Wildman–Crippen LogP) is 3.15. The van der Waals surface area contributed by atoms with E-state index in [0.717, 1.165) is 11.5 Å². The summed E-state index contributed by atoms with van der Waals surface area (Å²) in [4.78, 5) is 10.9. The molecule has 1 N–H and O–H groups in total. The first kappa shape index (κ1) is 12.5. The van der Waals surface area contributed by atoms with Crippen LogP contribution in [-0.2, 0) is 0 Å². The molecule has 15 heavy (non-hydrogen) atoms. The summed E-state index contributed by atoms with van der Waals surface area (Å²) in [5.74, 6) is 0.985. The molecule has 1 aromatic rings. The Labute approximate surface area is 98.4 Å². The smallest absolute Gasteiger partial charge is 0.352 e. The van der Waals surface area contributed by atoms with E-state index in [1.165, 1.54) is 6.07 Å². The molecule has 0 saturated heterocycles. The number of carboxylic acid groups (broad SMARTS) is 1. The molecular formula is C10H14ClNO2S. The molecule has 0 amide bonds. The van der Waals surface area contributed by atoms with Gasteiger partial charge < -0.3 is 9.67 Å². The van der Waals surface area contributed by atoms with Crippen molar-refractivity contribution in [2.24, 2.45) is 0 Å². The summed E-state index contributed by atoms with van der Waals surface area (Å²) in [5.41, 5.74) is 0.254. The average molecular weight is 248 g/mol. The molecule has 5 heteroatoms. The minimum Gasteiger partial charge on any atom is -0.477 e. The van der Waals surface area contributed by atoms with Crippen molar-refractivity contribution in [3.8, 4) is 0 Å². The van der Waals surface area contributed by atoms with Crippen molar-refractivity contribution in [2.75, 3.05) is 11.5 Å². The van der Waals surface area contributed by atoms with E-state index >= 15 is 0 Å². The summed E-state index contributed by atoms with van der Waals surface area (Å²) >= 11 is 7.58. The Bertz CT molecular complexity index is 351. The molecule has 0 fully saturated rings. The second-order valence-electron chi connectivity index (χ2n) is 3.26. The fourth-order valence-corrected chi connectivity index (χ4v) is 2.30. The van der Waals surface area contributed by atoms with E-state index in [4.69, 9.17) is 16.7 Å². The first-order chi connectivity index (χ1) is 7.06. The predicted molar refractivity (Wildman–Crippen MR) is 64.1 cm³/mol. The average Bonchev–Trinajstić information content (AvgIpc) is 2.57. The molecular weight excluding hydrogens is 234 g/mol. The standard InChI is InChI=1S/C10H14ClNO2S/c1-3-15-6-7(2)12-5-8(11)4-9(12)10(13)14/h4-5,7H,3,6H2,1-2H3,(H,13,14). The molecule has 0 aromatic carbocycles. The molecule has 0 radical (unpaired) electrons. The number of hydrogen-bond donors (Lipinski definition) is 1. The van der Waals surface area contributed by atoms with Gasteiger partial charge in [-0.3, -0.25) is 0 Å². The van der Waals surface area contributed by atoms with Gasteiger partial charge in [-0.2, -0.15) is 11.8 Å². The lowest BCUT2D eigenvalue weighted by molar-refractivity contribution is 0.0683. The number of aromatic nitrogens is 1. The van der Waals surface area contributed by atoms with E-state index in [-0.39, 0.29) is 11.7 Å². The number of rotatable bonds is 5. The van der Waals surface area contributed by atoms with Crippen molar-refractivity contribution < 1.29 is 9.90 Å². The number of aromatic carboxylic acids is 1. The third-order valence-corrected chi connectivity index (χ3v) is 3.41. The minimum atomic E-state index is -0.935. The molecule has 1 atom stereocenters. The Hall–Kier alpha value is -0.610. The van der Waals surface area contributed by atoms with Crippen molar-refractivity contribution in [1.29, 1.82) is 0 Å². The van der Waals surface area contributed by atoms with E-state index in [0.29, 0.717) is 5.02 Å².